The van der Waals surface area contributed by atoms with E-state index in [2.05, 4.69) is 0 Å². The molecule has 3 N–H and O–H groups in total. The predicted molar refractivity (Wildman–Crippen MR) is 106 cm³/mol. The number of aromatic nitrogens is 1. The first-order chi connectivity index (χ1) is 13.1. The fourth-order valence-electron chi connectivity index (χ4n) is 4.11. The molecule has 1 fully saturated rings. The molecule has 5 nitrogen and oxygen atoms in total. The lowest BCUT2D eigenvalue weighted by Gasteiger charge is -2.23. The van der Waals surface area contributed by atoms with Crippen molar-refractivity contribution in [3.8, 4) is 11.4 Å². The summed E-state index contributed by atoms with van der Waals surface area (Å²) in [6, 6.07) is 12.7. The lowest BCUT2D eigenvalue weighted by Crippen LogP contribution is -2.23. The van der Waals surface area contributed by atoms with Crippen molar-refractivity contribution in [2.75, 3.05) is 0 Å². The minimum atomic E-state index is -0.762. The monoisotopic (exact) mass is 362 g/mol. The zero-order chi connectivity index (χ0) is 19.0. The van der Waals surface area contributed by atoms with Crippen LogP contribution in [-0.2, 0) is 0 Å². The van der Waals surface area contributed by atoms with Crippen LogP contribution in [0.2, 0.25) is 0 Å². The van der Waals surface area contributed by atoms with E-state index in [1.165, 1.54) is 25.5 Å². The van der Waals surface area contributed by atoms with Crippen LogP contribution >= 0.6 is 0 Å². The van der Waals surface area contributed by atoms with Crippen molar-refractivity contribution in [2.45, 2.75) is 38.0 Å². The van der Waals surface area contributed by atoms with Crippen LogP contribution in [0, 0.1) is 0 Å². The molecule has 0 spiro atoms. The van der Waals surface area contributed by atoms with Crippen LogP contribution in [0.15, 0.2) is 53.5 Å². The molecule has 1 aromatic heterocycles. The Hall–Kier alpha value is -3.08. The summed E-state index contributed by atoms with van der Waals surface area (Å²) >= 11 is 0. The molecule has 27 heavy (non-hydrogen) atoms. The molecule has 0 atom stereocenters. The summed E-state index contributed by atoms with van der Waals surface area (Å²) in [7, 11) is 0. The summed E-state index contributed by atoms with van der Waals surface area (Å²) in [6.07, 6.45) is 7.30. The maximum atomic E-state index is 12.5. The van der Waals surface area contributed by atoms with Crippen LogP contribution in [0.25, 0.3) is 16.6 Å². The maximum Gasteiger partial charge on any atom is 0.254 e. The highest BCUT2D eigenvalue weighted by molar-refractivity contribution is 5.96. The molecule has 0 bridgehead atoms. The number of hydrogen-bond acceptors (Lipinski definition) is 3. The third-order valence-electron chi connectivity index (χ3n) is 5.51. The van der Waals surface area contributed by atoms with E-state index in [0.717, 1.165) is 18.4 Å². The molecule has 2 aromatic carbocycles. The third-order valence-corrected chi connectivity index (χ3v) is 5.51. The number of nitrogens with zero attached hydrogens (tertiary/aromatic N) is 1. The number of para-hydroxylation sites is 1. The summed E-state index contributed by atoms with van der Waals surface area (Å²) in [5.74, 6) is -0.120. The second-order valence-electron chi connectivity index (χ2n) is 7.20. The van der Waals surface area contributed by atoms with Gasteiger partial charge in [0.1, 0.15) is 11.3 Å². The van der Waals surface area contributed by atoms with Crippen molar-refractivity contribution < 1.29 is 9.90 Å². The maximum absolute atomic E-state index is 12.5. The Morgan fingerprint density at radius 3 is 2.52 bits per heavy atom. The Balaban J connectivity index is 1.87. The summed E-state index contributed by atoms with van der Waals surface area (Å²) in [4.78, 5) is 24.3. The van der Waals surface area contributed by atoms with Gasteiger partial charge in [0.2, 0.25) is 5.43 Å². The number of aromatic hydroxyl groups is 1. The molecule has 1 heterocycles. The normalized spacial score (nSPS) is 15.1. The van der Waals surface area contributed by atoms with Gasteiger partial charge in [0.05, 0.1) is 5.52 Å². The van der Waals surface area contributed by atoms with E-state index in [1.54, 1.807) is 22.8 Å². The van der Waals surface area contributed by atoms with Crippen LogP contribution in [0.1, 0.15) is 53.9 Å². The zero-order valence-electron chi connectivity index (χ0n) is 15.0. The second kappa shape index (κ2) is 6.91. The van der Waals surface area contributed by atoms with E-state index >= 15 is 0 Å². The number of primary amides is 1. The average molecular weight is 362 g/mol. The van der Waals surface area contributed by atoms with Crippen LogP contribution in [0.4, 0.5) is 0 Å². The highest BCUT2D eigenvalue weighted by Crippen LogP contribution is 2.38. The predicted octanol–water partition coefficient (Wildman–Crippen LogP) is 3.84. The van der Waals surface area contributed by atoms with Crippen molar-refractivity contribution in [3.63, 3.8) is 0 Å². The van der Waals surface area contributed by atoms with Gasteiger partial charge in [0.15, 0.2) is 0 Å². The van der Waals surface area contributed by atoms with E-state index in [0.29, 0.717) is 22.5 Å². The van der Waals surface area contributed by atoms with Crippen molar-refractivity contribution in [2.24, 2.45) is 5.73 Å². The lowest BCUT2D eigenvalue weighted by atomic mass is 9.83. The molecule has 0 saturated heterocycles. The van der Waals surface area contributed by atoms with E-state index in [4.69, 9.17) is 5.73 Å². The molecule has 5 heteroatoms. The van der Waals surface area contributed by atoms with Gasteiger partial charge in [0, 0.05) is 23.3 Å². The van der Waals surface area contributed by atoms with Crippen molar-refractivity contribution in [3.05, 3.63) is 70.0 Å². The lowest BCUT2D eigenvalue weighted by molar-refractivity contribution is 0.0999. The topological polar surface area (TPSA) is 85.3 Å². The fraction of sp³-hybridized carbons (Fsp3) is 0.273. The number of amides is 1. The van der Waals surface area contributed by atoms with Gasteiger partial charge in [-0.15, -0.1) is 0 Å². The van der Waals surface area contributed by atoms with Crippen LogP contribution in [0.5, 0.6) is 5.75 Å². The smallest absolute Gasteiger partial charge is 0.254 e. The number of rotatable bonds is 3. The van der Waals surface area contributed by atoms with Gasteiger partial charge in [0.25, 0.3) is 5.91 Å². The van der Waals surface area contributed by atoms with E-state index in [-0.39, 0.29) is 16.7 Å². The molecule has 1 amide bonds. The number of hydrogen-bond donors (Lipinski definition) is 2. The minimum Gasteiger partial charge on any atom is -0.508 e. The van der Waals surface area contributed by atoms with Crippen LogP contribution in [-0.4, -0.2) is 15.6 Å². The standard InChI is InChI=1S/C22H22N2O3/c23-22(27)18-13-24(19-9-5-4-8-17(19)21(18)26)15-10-11-16(20(25)12-15)14-6-2-1-3-7-14/h4-5,8-14,25H,1-3,6-7H2,(H2,23,27). The number of pyridine rings is 1. The molecule has 0 aliphatic heterocycles. The average Bonchev–Trinajstić information content (AvgIpc) is 2.69. The molecule has 1 aliphatic carbocycles. The number of phenols is 1. The van der Waals surface area contributed by atoms with Gasteiger partial charge in [-0.05, 0) is 42.5 Å². The Bertz CT molecular complexity index is 1080. The van der Waals surface area contributed by atoms with Gasteiger partial charge in [-0.25, -0.2) is 0 Å². The number of carbonyl (C=O) groups excluding carboxylic acids is 1. The quantitative estimate of drug-likeness (QED) is 0.742. The number of benzene rings is 2. The zero-order valence-corrected chi connectivity index (χ0v) is 15.0. The Morgan fingerprint density at radius 1 is 1.07 bits per heavy atom. The van der Waals surface area contributed by atoms with Crippen molar-refractivity contribution in [1.82, 2.24) is 4.57 Å². The Kier molecular flexibility index (Phi) is 4.44. The van der Waals surface area contributed by atoms with Crippen LogP contribution < -0.4 is 11.2 Å². The highest BCUT2D eigenvalue weighted by Gasteiger charge is 2.20. The molecule has 1 saturated carbocycles. The van der Waals surface area contributed by atoms with Gasteiger partial charge in [-0.3, -0.25) is 9.59 Å². The molecule has 0 unspecified atom stereocenters. The summed E-state index contributed by atoms with van der Waals surface area (Å²) < 4.78 is 1.74. The summed E-state index contributed by atoms with van der Waals surface area (Å²) in [5.41, 5.74) is 7.28. The minimum absolute atomic E-state index is 0.0652. The van der Waals surface area contributed by atoms with Gasteiger partial charge in [-0.1, -0.05) is 37.5 Å². The molecule has 3 aromatic rings. The first-order valence-electron chi connectivity index (χ1n) is 9.34. The van der Waals surface area contributed by atoms with Gasteiger partial charge in [-0.2, -0.15) is 0 Å². The van der Waals surface area contributed by atoms with Gasteiger partial charge >= 0.3 is 0 Å². The van der Waals surface area contributed by atoms with Gasteiger partial charge < -0.3 is 15.4 Å². The molecular weight excluding hydrogens is 340 g/mol. The Morgan fingerprint density at radius 2 is 1.81 bits per heavy atom. The number of nitrogens with two attached hydrogens (primary N) is 1. The molecule has 1 aliphatic rings. The fourth-order valence-corrected chi connectivity index (χ4v) is 4.11. The molecule has 4 rings (SSSR count). The highest BCUT2D eigenvalue weighted by atomic mass is 16.3. The SMILES string of the molecule is NC(=O)c1cn(-c2ccc(C3CCCCC3)c(O)c2)c2ccccc2c1=O. The van der Waals surface area contributed by atoms with Crippen LogP contribution in [0.3, 0.4) is 0 Å². The number of carbonyl (C=O) groups is 1. The molecule has 0 radical (unpaired) electrons. The second-order valence-corrected chi connectivity index (χ2v) is 7.20. The summed E-state index contributed by atoms with van der Waals surface area (Å²) in [5, 5.41) is 11.1. The van der Waals surface area contributed by atoms with Crippen molar-refractivity contribution in [1.29, 1.82) is 0 Å². The Labute approximate surface area is 157 Å². The van der Waals surface area contributed by atoms with E-state index in [9.17, 15) is 14.7 Å². The first kappa shape index (κ1) is 17.3. The third kappa shape index (κ3) is 3.10. The number of phenolic OH excluding ortho intramolecular Hbond substituents is 1. The van der Waals surface area contributed by atoms with E-state index in [1.807, 2.05) is 24.3 Å². The molecular formula is C22H22N2O3. The molecule has 138 valence electrons. The summed E-state index contributed by atoms with van der Waals surface area (Å²) in [6.45, 7) is 0. The largest absolute Gasteiger partial charge is 0.508 e. The van der Waals surface area contributed by atoms with E-state index < -0.39 is 5.91 Å². The van der Waals surface area contributed by atoms with Crippen molar-refractivity contribution >= 4 is 16.8 Å². The number of fused-ring (bicyclic) bond motifs is 1. The first-order valence-corrected chi connectivity index (χ1v) is 9.34.